The summed E-state index contributed by atoms with van der Waals surface area (Å²) in [6, 6.07) is 10.7. The minimum Gasteiger partial charge on any atom is -0.352 e. The lowest BCUT2D eigenvalue weighted by Crippen LogP contribution is -2.51. The molecule has 1 aromatic rings. The van der Waals surface area contributed by atoms with Crippen LogP contribution in [0.5, 0.6) is 0 Å². The molecule has 1 nitrogen and oxygen atoms in total. The van der Waals surface area contributed by atoms with Crippen LogP contribution in [0.15, 0.2) is 30.3 Å². The molecule has 0 saturated heterocycles. The fourth-order valence-corrected chi connectivity index (χ4v) is 0.782. The lowest BCUT2D eigenvalue weighted by atomic mass is 10.1. The van der Waals surface area contributed by atoms with Gasteiger partial charge in [-0.2, -0.15) is 0 Å². The molecule has 0 bridgehead atoms. The second-order valence-electron chi connectivity index (χ2n) is 2.31. The fraction of sp³-hybridized carbons (Fsp3) is 0.250. The van der Waals surface area contributed by atoms with Crippen LogP contribution < -0.4 is 5.73 Å². The highest BCUT2D eigenvalue weighted by atomic mass is 14.6. The van der Waals surface area contributed by atoms with Crippen LogP contribution in [0.4, 0.5) is 0 Å². The van der Waals surface area contributed by atoms with E-state index in [1.807, 2.05) is 18.2 Å². The molecular weight excluding hydrogens is 110 g/mol. The van der Waals surface area contributed by atoms with Gasteiger partial charge in [-0.3, -0.25) is 0 Å². The predicted molar refractivity (Wildman–Crippen MR) is 37.7 cm³/mol. The molecule has 9 heavy (non-hydrogen) atoms. The summed E-state index contributed by atoms with van der Waals surface area (Å²) in [6.45, 7) is 2.09. The Morgan fingerprint density at radius 1 is 1.22 bits per heavy atom. The van der Waals surface area contributed by atoms with E-state index >= 15 is 0 Å². The summed E-state index contributed by atoms with van der Waals surface area (Å²) in [4.78, 5) is 0. The van der Waals surface area contributed by atoms with Crippen molar-refractivity contribution in [3.05, 3.63) is 35.9 Å². The number of benzene rings is 1. The molecular formula is C8H12N+. The molecule has 1 atom stereocenters. The third-order valence-electron chi connectivity index (χ3n) is 1.37. The van der Waals surface area contributed by atoms with Crippen LogP contribution in [-0.4, -0.2) is 0 Å². The van der Waals surface area contributed by atoms with Crippen molar-refractivity contribution in [2.75, 3.05) is 0 Å². The number of rotatable bonds is 1. The highest BCUT2D eigenvalue weighted by Gasteiger charge is 1.97. The average Bonchev–Trinajstić information content (AvgIpc) is 1.90. The van der Waals surface area contributed by atoms with Crippen LogP contribution in [-0.2, 0) is 0 Å². The Bertz CT molecular complexity index is 167. The summed E-state index contributed by atoms with van der Waals surface area (Å²) in [7, 11) is 0. The number of quaternary nitrogens is 1. The maximum atomic E-state index is 3.91. The van der Waals surface area contributed by atoms with Crippen LogP contribution in [0.1, 0.15) is 18.5 Å². The molecule has 1 heteroatoms. The SMILES string of the molecule is C[C@@H]([NH3+])c1ccccc1. The van der Waals surface area contributed by atoms with E-state index in [9.17, 15) is 0 Å². The van der Waals surface area contributed by atoms with E-state index < -0.39 is 0 Å². The molecule has 0 saturated carbocycles. The molecule has 0 aromatic heterocycles. The number of hydrogen-bond donors (Lipinski definition) is 1. The molecule has 1 rings (SSSR count). The first kappa shape index (κ1) is 6.30. The van der Waals surface area contributed by atoms with Gasteiger partial charge < -0.3 is 5.73 Å². The Morgan fingerprint density at radius 2 is 1.78 bits per heavy atom. The first-order valence-corrected chi connectivity index (χ1v) is 3.18. The van der Waals surface area contributed by atoms with Crippen molar-refractivity contribution in [3.63, 3.8) is 0 Å². The molecule has 0 radical (unpaired) electrons. The van der Waals surface area contributed by atoms with Crippen molar-refractivity contribution in [3.8, 4) is 0 Å². The van der Waals surface area contributed by atoms with Gasteiger partial charge in [0.1, 0.15) is 6.04 Å². The topological polar surface area (TPSA) is 27.6 Å². The highest BCUT2D eigenvalue weighted by Crippen LogP contribution is 2.04. The smallest absolute Gasteiger partial charge is 0.107 e. The van der Waals surface area contributed by atoms with Gasteiger partial charge >= 0.3 is 0 Å². The minimum absolute atomic E-state index is 0.409. The van der Waals surface area contributed by atoms with Crippen LogP contribution in [0, 0.1) is 0 Å². The summed E-state index contributed by atoms with van der Waals surface area (Å²) in [5.41, 5.74) is 5.21. The van der Waals surface area contributed by atoms with Crippen molar-refractivity contribution in [2.45, 2.75) is 13.0 Å². The van der Waals surface area contributed by atoms with Crippen molar-refractivity contribution < 1.29 is 5.73 Å². The van der Waals surface area contributed by atoms with Crippen molar-refractivity contribution >= 4 is 0 Å². The zero-order chi connectivity index (χ0) is 6.69. The molecule has 48 valence electrons. The zero-order valence-corrected chi connectivity index (χ0v) is 5.67. The summed E-state index contributed by atoms with van der Waals surface area (Å²) >= 11 is 0. The Morgan fingerprint density at radius 3 is 2.11 bits per heavy atom. The molecule has 0 fully saturated rings. The summed E-state index contributed by atoms with van der Waals surface area (Å²) < 4.78 is 0. The first-order chi connectivity index (χ1) is 4.30. The van der Waals surface area contributed by atoms with E-state index in [1.54, 1.807) is 0 Å². The van der Waals surface area contributed by atoms with E-state index in [4.69, 9.17) is 0 Å². The predicted octanol–water partition coefficient (Wildman–Crippen LogP) is 0.990. The van der Waals surface area contributed by atoms with Gasteiger partial charge in [0, 0.05) is 5.56 Å². The largest absolute Gasteiger partial charge is 0.352 e. The van der Waals surface area contributed by atoms with Crippen LogP contribution in [0.25, 0.3) is 0 Å². The summed E-state index contributed by atoms with van der Waals surface area (Å²) in [5.74, 6) is 0. The Hall–Kier alpha value is -0.820. The highest BCUT2D eigenvalue weighted by molar-refractivity contribution is 5.15. The molecule has 0 aliphatic heterocycles. The molecule has 0 unspecified atom stereocenters. The average molecular weight is 122 g/mol. The van der Waals surface area contributed by atoms with Gasteiger partial charge in [0.05, 0.1) is 0 Å². The molecule has 0 amide bonds. The molecule has 0 heterocycles. The third-order valence-corrected chi connectivity index (χ3v) is 1.37. The van der Waals surface area contributed by atoms with Gasteiger partial charge in [-0.15, -0.1) is 0 Å². The number of hydrogen-bond acceptors (Lipinski definition) is 0. The second kappa shape index (κ2) is 2.65. The Kier molecular flexibility index (Phi) is 1.85. The fourth-order valence-electron chi connectivity index (χ4n) is 0.782. The molecule has 1 aromatic carbocycles. The van der Waals surface area contributed by atoms with E-state index in [0.717, 1.165) is 0 Å². The Labute approximate surface area is 55.5 Å². The van der Waals surface area contributed by atoms with Gasteiger partial charge in [-0.1, -0.05) is 30.3 Å². The van der Waals surface area contributed by atoms with Gasteiger partial charge in [0.15, 0.2) is 0 Å². The Balaban J connectivity index is 2.85. The molecule has 0 aliphatic rings. The van der Waals surface area contributed by atoms with Gasteiger partial charge in [-0.05, 0) is 6.92 Å². The maximum Gasteiger partial charge on any atom is 0.107 e. The van der Waals surface area contributed by atoms with Crippen LogP contribution in [0.2, 0.25) is 0 Å². The standard InChI is InChI=1S/C8H11N/c1-7(9)8-5-3-2-4-6-8/h2-7H,9H2,1H3/p+1/t7-/m1/s1. The minimum atomic E-state index is 0.409. The van der Waals surface area contributed by atoms with Crippen LogP contribution >= 0.6 is 0 Å². The van der Waals surface area contributed by atoms with Gasteiger partial charge in [-0.25, -0.2) is 0 Å². The second-order valence-corrected chi connectivity index (χ2v) is 2.31. The lowest BCUT2D eigenvalue weighted by molar-refractivity contribution is -0.420. The van der Waals surface area contributed by atoms with Crippen molar-refractivity contribution in [1.82, 2.24) is 0 Å². The van der Waals surface area contributed by atoms with E-state index in [-0.39, 0.29) is 0 Å². The van der Waals surface area contributed by atoms with E-state index in [0.29, 0.717) is 6.04 Å². The molecule has 0 aliphatic carbocycles. The van der Waals surface area contributed by atoms with E-state index in [1.165, 1.54) is 5.56 Å². The normalized spacial score (nSPS) is 13.1. The maximum absolute atomic E-state index is 3.91. The van der Waals surface area contributed by atoms with Crippen molar-refractivity contribution in [2.24, 2.45) is 0 Å². The zero-order valence-electron chi connectivity index (χ0n) is 5.67. The first-order valence-electron chi connectivity index (χ1n) is 3.18. The lowest BCUT2D eigenvalue weighted by Gasteiger charge is -1.98. The summed E-state index contributed by atoms with van der Waals surface area (Å²) in [5, 5.41) is 0. The molecule has 0 spiro atoms. The monoisotopic (exact) mass is 122 g/mol. The summed E-state index contributed by atoms with van der Waals surface area (Å²) in [6.07, 6.45) is 0. The molecule has 3 N–H and O–H groups in total. The third kappa shape index (κ3) is 1.54. The van der Waals surface area contributed by atoms with E-state index in [2.05, 4.69) is 24.8 Å². The van der Waals surface area contributed by atoms with Gasteiger partial charge in [0.2, 0.25) is 0 Å². The quantitative estimate of drug-likeness (QED) is 0.575. The van der Waals surface area contributed by atoms with Gasteiger partial charge in [0.25, 0.3) is 0 Å². The van der Waals surface area contributed by atoms with Crippen LogP contribution in [0.3, 0.4) is 0 Å². The van der Waals surface area contributed by atoms with Crippen molar-refractivity contribution in [1.29, 1.82) is 0 Å².